The van der Waals surface area contributed by atoms with Crippen LogP contribution in [0.25, 0.3) is 0 Å². The van der Waals surface area contributed by atoms with Gasteiger partial charge in [-0.05, 0) is 39.3 Å². The van der Waals surface area contributed by atoms with Crippen molar-refractivity contribution in [1.29, 1.82) is 0 Å². The predicted octanol–water partition coefficient (Wildman–Crippen LogP) is 3.04. The van der Waals surface area contributed by atoms with Crippen molar-refractivity contribution in [2.24, 2.45) is 0 Å². The van der Waals surface area contributed by atoms with Crippen LogP contribution in [0.3, 0.4) is 0 Å². The number of aliphatic hydroxyl groups is 1. The first kappa shape index (κ1) is 14.1. The van der Waals surface area contributed by atoms with Gasteiger partial charge in [-0.1, -0.05) is 23.2 Å². The second-order valence-electron chi connectivity index (χ2n) is 5.33. The molecular formula is C13H18Cl2N2O. The van der Waals surface area contributed by atoms with Crippen molar-refractivity contribution in [3.05, 3.63) is 27.5 Å². The maximum Gasteiger partial charge on any atom is 0.135 e. The van der Waals surface area contributed by atoms with E-state index in [4.69, 9.17) is 23.2 Å². The lowest BCUT2D eigenvalue weighted by Gasteiger charge is -2.37. The average Bonchev–Trinajstić information content (AvgIpc) is 2.22. The van der Waals surface area contributed by atoms with Gasteiger partial charge < -0.3 is 5.11 Å². The van der Waals surface area contributed by atoms with Crippen LogP contribution in [-0.2, 0) is 6.54 Å². The SMILES string of the molecule is Cc1cc(Cl)c(CN2CCCC(C)(O)C2)c(Cl)n1. The molecule has 0 amide bonds. The van der Waals surface area contributed by atoms with Crippen LogP contribution in [0.4, 0.5) is 0 Å². The summed E-state index contributed by atoms with van der Waals surface area (Å²) in [6, 6.07) is 1.82. The molecule has 18 heavy (non-hydrogen) atoms. The van der Waals surface area contributed by atoms with E-state index in [1.165, 1.54) is 0 Å². The molecular weight excluding hydrogens is 271 g/mol. The van der Waals surface area contributed by atoms with Gasteiger partial charge in [-0.2, -0.15) is 0 Å². The number of halogens is 2. The Bertz CT molecular complexity index is 426. The summed E-state index contributed by atoms with van der Waals surface area (Å²) >= 11 is 12.4. The van der Waals surface area contributed by atoms with Gasteiger partial charge in [-0.15, -0.1) is 0 Å². The van der Waals surface area contributed by atoms with E-state index in [1.807, 2.05) is 19.9 Å². The van der Waals surface area contributed by atoms with Gasteiger partial charge in [0.2, 0.25) is 0 Å². The number of piperidine rings is 1. The number of pyridine rings is 1. The van der Waals surface area contributed by atoms with Gasteiger partial charge in [0.15, 0.2) is 0 Å². The van der Waals surface area contributed by atoms with Crippen LogP contribution in [0.15, 0.2) is 6.07 Å². The average molecular weight is 289 g/mol. The maximum absolute atomic E-state index is 10.1. The van der Waals surface area contributed by atoms with Crippen molar-refractivity contribution in [3.8, 4) is 0 Å². The Morgan fingerprint density at radius 1 is 1.50 bits per heavy atom. The summed E-state index contributed by atoms with van der Waals surface area (Å²) in [7, 11) is 0. The Kier molecular flexibility index (Phi) is 4.17. The van der Waals surface area contributed by atoms with Crippen LogP contribution >= 0.6 is 23.2 Å². The molecule has 1 unspecified atom stereocenters. The summed E-state index contributed by atoms with van der Waals surface area (Å²) in [6.07, 6.45) is 1.83. The molecule has 0 aromatic carbocycles. The maximum atomic E-state index is 10.1. The molecule has 1 fully saturated rings. The number of rotatable bonds is 2. The number of aromatic nitrogens is 1. The van der Waals surface area contributed by atoms with E-state index in [-0.39, 0.29) is 0 Å². The minimum atomic E-state index is -0.616. The van der Waals surface area contributed by atoms with E-state index in [1.54, 1.807) is 0 Å². The van der Waals surface area contributed by atoms with Gasteiger partial charge in [-0.3, -0.25) is 4.90 Å². The van der Waals surface area contributed by atoms with E-state index >= 15 is 0 Å². The largest absolute Gasteiger partial charge is 0.389 e. The van der Waals surface area contributed by atoms with Gasteiger partial charge >= 0.3 is 0 Å². The fourth-order valence-electron chi connectivity index (χ4n) is 2.45. The lowest BCUT2D eigenvalue weighted by molar-refractivity contribution is -0.0181. The van der Waals surface area contributed by atoms with Crippen molar-refractivity contribution in [3.63, 3.8) is 0 Å². The van der Waals surface area contributed by atoms with Crippen LogP contribution in [0.2, 0.25) is 10.2 Å². The Morgan fingerprint density at radius 2 is 2.22 bits per heavy atom. The lowest BCUT2D eigenvalue weighted by Crippen LogP contribution is -2.45. The second kappa shape index (κ2) is 5.33. The quantitative estimate of drug-likeness (QED) is 0.850. The standard InChI is InChI=1S/C13H18Cl2N2O/c1-9-6-11(14)10(12(15)16-9)7-17-5-3-4-13(2,18)8-17/h6,18H,3-5,7-8H2,1-2H3. The van der Waals surface area contributed by atoms with E-state index < -0.39 is 5.60 Å². The number of hydrogen-bond acceptors (Lipinski definition) is 3. The van der Waals surface area contributed by atoms with Crippen LogP contribution < -0.4 is 0 Å². The third-order valence-corrected chi connectivity index (χ3v) is 3.93. The monoisotopic (exact) mass is 288 g/mol. The van der Waals surface area contributed by atoms with E-state index in [0.29, 0.717) is 23.3 Å². The van der Waals surface area contributed by atoms with Crippen molar-refractivity contribution >= 4 is 23.2 Å². The zero-order chi connectivity index (χ0) is 13.3. The molecule has 2 rings (SSSR count). The highest BCUT2D eigenvalue weighted by atomic mass is 35.5. The molecule has 1 atom stereocenters. The fourth-order valence-corrected chi connectivity index (χ4v) is 3.10. The van der Waals surface area contributed by atoms with E-state index in [9.17, 15) is 5.11 Å². The van der Waals surface area contributed by atoms with Crippen molar-refractivity contribution in [1.82, 2.24) is 9.88 Å². The smallest absolute Gasteiger partial charge is 0.135 e. The number of nitrogens with zero attached hydrogens (tertiary/aromatic N) is 2. The molecule has 0 aliphatic carbocycles. The molecule has 1 aliphatic rings. The number of β-amino-alcohol motifs (C(OH)–C–C–N with tert-alkyl or cyclic N) is 1. The highest BCUT2D eigenvalue weighted by Gasteiger charge is 2.29. The van der Waals surface area contributed by atoms with Gasteiger partial charge in [-0.25, -0.2) is 4.98 Å². The third kappa shape index (κ3) is 3.35. The molecule has 1 aromatic heterocycles. The minimum Gasteiger partial charge on any atom is -0.389 e. The van der Waals surface area contributed by atoms with Gasteiger partial charge in [0.1, 0.15) is 5.15 Å². The van der Waals surface area contributed by atoms with Gasteiger partial charge in [0, 0.05) is 29.4 Å². The van der Waals surface area contributed by atoms with Crippen molar-refractivity contribution < 1.29 is 5.11 Å². The normalized spacial score (nSPS) is 25.4. The molecule has 5 heteroatoms. The van der Waals surface area contributed by atoms with Crippen LogP contribution in [-0.4, -0.2) is 33.7 Å². The van der Waals surface area contributed by atoms with Gasteiger partial charge in [0.05, 0.1) is 5.60 Å². The molecule has 3 nitrogen and oxygen atoms in total. The molecule has 0 radical (unpaired) electrons. The number of likely N-dealkylation sites (tertiary alicyclic amines) is 1. The van der Waals surface area contributed by atoms with E-state index in [0.717, 1.165) is 30.6 Å². The number of aryl methyl sites for hydroxylation is 1. The fraction of sp³-hybridized carbons (Fsp3) is 0.615. The lowest BCUT2D eigenvalue weighted by atomic mass is 9.95. The highest BCUT2D eigenvalue weighted by Crippen LogP contribution is 2.28. The van der Waals surface area contributed by atoms with Crippen LogP contribution in [0.5, 0.6) is 0 Å². The van der Waals surface area contributed by atoms with Crippen molar-refractivity contribution in [2.45, 2.75) is 38.8 Å². The second-order valence-corrected chi connectivity index (χ2v) is 6.09. The molecule has 1 aliphatic heterocycles. The zero-order valence-corrected chi connectivity index (χ0v) is 12.2. The molecule has 1 N–H and O–H groups in total. The molecule has 0 spiro atoms. The third-order valence-electron chi connectivity index (χ3n) is 3.28. The molecule has 2 heterocycles. The Balaban J connectivity index is 2.14. The van der Waals surface area contributed by atoms with Gasteiger partial charge in [0.25, 0.3) is 0 Å². The van der Waals surface area contributed by atoms with E-state index in [2.05, 4.69) is 9.88 Å². The summed E-state index contributed by atoms with van der Waals surface area (Å²) in [6.45, 7) is 5.98. The molecule has 1 aromatic rings. The summed E-state index contributed by atoms with van der Waals surface area (Å²) in [5, 5.41) is 11.2. The minimum absolute atomic E-state index is 0.463. The first-order chi connectivity index (χ1) is 8.37. The summed E-state index contributed by atoms with van der Waals surface area (Å²) in [4.78, 5) is 6.40. The molecule has 0 saturated carbocycles. The summed E-state index contributed by atoms with van der Waals surface area (Å²) < 4.78 is 0. The predicted molar refractivity (Wildman–Crippen MR) is 74.1 cm³/mol. The van der Waals surface area contributed by atoms with Crippen LogP contribution in [0, 0.1) is 6.92 Å². The molecule has 0 bridgehead atoms. The van der Waals surface area contributed by atoms with Crippen molar-refractivity contribution in [2.75, 3.05) is 13.1 Å². The first-order valence-electron chi connectivity index (χ1n) is 6.14. The number of hydrogen-bond donors (Lipinski definition) is 1. The Labute approximate surface area is 118 Å². The summed E-state index contributed by atoms with van der Waals surface area (Å²) in [5.74, 6) is 0. The Hall–Kier alpha value is -0.350. The highest BCUT2D eigenvalue weighted by molar-refractivity contribution is 6.35. The van der Waals surface area contributed by atoms with Crippen LogP contribution in [0.1, 0.15) is 31.0 Å². The first-order valence-corrected chi connectivity index (χ1v) is 6.89. The zero-order valence-electron chi connectivity index (χ0n) is 10.7. The Morgan fingerprint density at radius 3 is 2.83 bits per heavy atom. The molecule has 100 valence electrons. The molecule has 1 saturated heterocycles. The summed E-state index contributed by atoms with van der Waals surface area (Å²) in [5.41, 5.74) is 1.05. The topological polar surface area (TPSA) is 36.4 Å².